The lowest BCUT2D eigenvalue weighted by Gasteiger charge is -2.07. The van der Waals surface area contributed by atoms with Gasteiger partial charge in [-0.15, -0.1) is 0 Å². The zero-order valence-electron chi connectivity index (χ0n) is 11.4. The van der Waals surface area contributed by atoms with E-state index in [-0.39, 0.29) is 23.5 Å². The molecular weight excluding hydrogens is 298 g/mol. The standard InChI is InChI=1S/C14H10F2N2O4/c1-2-20-13(19)7-3-4-9(22-14(15)16)12-11(7)8-5-17-18-6-10(8)21-12/h3-6,14H,2H2,1H3. The Morgan fingerprint density at radius 1 is 1.32 bits per heavy atom. The van der Waals surface area contributed by atoms with E-state index >= 15 is 0 Å². The molecule has 0 fully saturated rings. The van der Waals surface area contributed by atoms with E-state index in [4.69, 9.17) is 9.15 Å². The van der Waals surface area contributed by atoms with Crippen molar-refractivity contribution in [2.45, 2.75) is 13.5 Å². The number of furan rings is 1. The third kappa shape index (κ3) is 2.32. The van der Waals surface area contributed by atoms with E-state index in [1.54, 1.807) is 6.92 Å². The number of esters is 1. The van der Waals surface area contributed by atoms with E-state index in [9.17, 15) is 13.6 Å². The van der Waals surface area contributed by atoms with Gasteiger partial charge < -0.3 is 13.9 Å². The summed E-state index contributed by atoms with van der Waals surface area (Å²) in [4.78, 5) is 12.0. The fourth-order valence-electron chi connectivity index (χ4n) is 2.19. The van der Waals surface area contributed by atoms with Gasteiger partial charge in [-0.3, -0.25) is 0 Å². The number of rotatable bonds is 4. The van der Waals surface area contributed by atoms with Crippen LogP contribution in [0.25, 0.3) is 21.9 Å². The van der Waals surface area contributed by atoms with E-state index < -0.39 is 12.6 Å². The number of fused-ring (bicyclic) bond motifs is 3. The molecule has 0 aliphatic heterocycles. The highest BCUT2D eigenvalue weighted by Crippen LogP contribution is 2.37. The summed E-state index contributed by atoms with van der Waals surface area (Å²) in [5, 5.41) is 8.15. The number of carbonyl (C=O) groups is 1. The van der Waals surface area contributed by atoms with Crippen LogP contribution in [0.2, 0.25) is 0 Å². The number of halogens is 2. The number of hydrogen-bond acceptors (Lipinski definition) is 6. The van der Waals surface area contributed by atoms with Crippen LogP contribution >= 0.6 is 0 Å². The molecule has 3 aromatic rings. The lowest BCUT2D eigenvalue weighted by Crippen LogP contribution is -2.06. The lowest BCUT2D eigenvalue weighted by molar-refractivity contribution is -0.0493. The van der Waals surface area contributed by atoms with Gasteiger partial charge >= 0.3 is 12.6 Å². The molecule has 0 radical (unpaired) electrons. The molecule has 0 spiro atoms. The van der Waals surface area contributed by atoms with Crippen molar-refractivity contribution < 1.29 is 27.5 Å². The molecule has 0 N–H and O–H groups in total. The normalized spacial score (nSPS) is 11.3. The van der Waals surface area contributed by atoms with Crippen molar-refractivity contribution >= 4 is 27.9 Å². The maximum atomic E-state index is 12.5. The quantitative estimate of drug-likeness (QED) is 0.689. The summed E-state index contributed by atoms with van der Waals surface area (Å²) in [6.45, 7) is -1.16. The zero-order valence-corrected chi connectivity index (χ0v) is 11.4. The summed E-state index contributed by atoms with van der Waals surface area (Å²) in [6, 6.07) is 2.59. The van der Waals surface area contributed by atoms with Gasteiger partial charge in [-0.25, -0.2) is 4.79 Å². The zero-order chi connectivity index (χ0) is 15.7. The van der Waals surface area contributed by atoms with Crippen molar-refractivity contribution in [2.75, 3.05) is 6.61 Å². The third-order valence-corrected chi connectivity index (χ3v) is 3.01. The van der Waals surface area contributed by atoms with Crippen molar-refractivity contribution in [2.24, 2.45) is 0 Å². The summed E-state index contributed by atoms with van der Waals surface area (Å²) < 4.78 is 39.9. The Morgan fingerprint density at radius 3 is 2.82 bits per heavy atom. The van der Waals surface area contributed by atoms with Crippen LogP contribution in [0.3, 0.4) is 0 Å². The van der Waals surface area contributed by atoms with Crippen LogP contribution in [-0.4, -0.2) is 29.4 Å². The molecule has 22 heavy (non-hydrogen) atoms. The second kappa shape index (κ2) is 5.55. The van der Waals surface area contributed by atoms with Crippen molar-refractivity contribution in [3.8, 4) is 5.75 Å². The molecule has 0 atom stereocenters. The summed E-state index contributed by atoms with van der Waals surface area (Å²) in [5.74, 6) is -0.759. The average Bonchev–Trinajstić information content (AvgIpc) is 2.87. The van der Waals surface area contributed by atoms with Crippen LogP contribution in [0.5, 0.6) is 5.75 Å². The molecule has 0 saturated heterocycles. The Morgan fingerprint density at radius 2 is 2.09 bits per heavy atom. The van der Waals surface area contributed by atoms with Crippen LogP contribution in [0.4, 0.5) is 8.78 Å². The number of alkyl halides is 2. The van der Waals surface area contributed by atoms with E-state index in [2.05, 4.69) is 14.9 Å². The Labute approximate surface area is 122 Å². The fraction of sp³-hybridized carbons (Fsp3) is 0.214. The molecule has 0 unspecified atom stereocenters. The Balaban J connectivity index is 2.31. The van der Waals surface area contributed by atoms with Gasteiger partial charge in [0.1, 0.15) is 0 Å². The molecule has 8 heteroatoms. The second-order valence-electron chi connectivity index (χ2n) is 4.28. The molecule has 114 valence electrons. The van der Waals surface area contributed by atoms with Gasteiger partial charge in [0, 0.05) is 5.39 Å². The second-order valence-corrected chi connectivity index (χ2v) is 4.28. The van der Waals surface area contributed by atoms with Crippen LogP contribution < -0.4 is 4.74 Å². The summed E-state index contributed by atoms with van der Waals surface area (Å²) in [5.41, 5.74) is 0.515. The molecular formula is C14H10F2N2O4. The Hall–Kier alpha value is -2.77. The number of carbonyl (C=O) groups excluding carboxylic acids is 1. The Kier molecular flexibility index (Phi) is 3.58. The molecule has 6 nitrogen and oxygen atoms in total. The van der Waals surface area contributed by atoms with Gasteiger partial charge in [0.25, 0.3) is 0 Å². The minimum absolute atomic E-state index is 0.0238. The maximum Gasteiger partial charge on any atom is 0.387 e. The van der Waals surface area contributed by atoms with Crippen molar-refractivity contribution in [3.05, 3.63) is 30.1 Å². The highest BCUT2D eigenvalue weighted by molar-refractivity contribution is 6.16. The predicted molar refractivity (Wildman–Crippen MR) is 71.9 cm³/mol. The first-order valence-corrected chi connectivity index (χ1v) is 6.39. The summed E-state index contributed by atoms with van der Waals surface area (Å²) >= 11 is 0. The monoisotopic (exact) mass is 308 g/mol. The molecule has 0 bridgehead atoms. The first-order chi connectivity index (χ1) is 10.6. The van der Waals surface area contributed by atoms with Crippen molar-refractivity contribution in [3.63, 3.8) is 0 Å². The van der Waals surface area contributed by atoms with E-state index in [0.29, 0.717) is 16.4 Å². The SMILES string of the molecule is CCOC(=O)c1ccc(OC(F)F)c2oc3cnncc3c12. The van der Waals surface area contributed by atoms with Crippen LogP contribution in [0.1, 0.15) is 17.3 Å². The van der Waals surface area contributed by atoms with Crippen molar-refractivity contribution in [1.82, 2.24) is 10.2 Å². The number of hydrogen-bond donors (Lipinski definition) is 0. The molecule has 3 rings (SSSR count). The Bertz CT molecular complexity index is 847. The highest BCUT2D eigenvalue weighted by Gasteiger charge is 2.22. The molecule has 0 aliphatic carbocycles. The third-order valence-electron chi connectivity index (χ3n) is 3.01. The number of ether oxygens (including phenoxy) is 2. The van der Waals surface area contributed by atoms with Crippen LogP contribution in [-0.2, 0) is 4.74 Å². The van der Waals surface area contributed by atoms with E-state index in [1.807, 2.05) is 0 Å². The molecule has 0 saturated carbocycles. The van der Waals surface area contributed by atoms with Crippen molar-refractivity contribution in [1.29, 1.82) is 0 Å². The van der Waals surface area contributed by atoms with E-state index in [1.165, 1.54) is 24.5 Å². The number of aromatic nitrogens is 2. The predicted octanol–water partition coefficient (Wildman–Crippen LogP) is 3.15. The van der Waals surface area contributed by atoms with Gasteiger partial charge in [-0.1, -0.05) is 0 Å². The number of nitrogens with zero attached hydrogens (tertiary/aromatic N) is 2. The smallest absolute Gasteiger partial charge is 0.387 e. The average molecular weight is 308 g/mol. The van der Waals surface area contributed by atoms with Gasteiger partial charge in [-0.2, -0.15) is 19.0 Å². The van der Waals surface area contributed by atoms with E-state index in [0.717, 1.165) is 0 Å². The van der Waals surface area contributed by atoms with Gasteiger partial charge in [0.05, 0.1) is 30.0 Å². The topological polar surface area (TPSA) is 74.5 Å². The van der Waals surface area contributed by atoms with Gasteiger partial charge in [0.2, 0.25) is 0 Å². The fourth-order valence-corrected chi connectivity index (χ4v) is 2.19. The van der Waals surface area contributed by atoms with Crippen LogP contribution in [0.15, 0.2) is 28.9 Å². The highest BCUT2D eigenvalue weighted by atomic mass is 19.3. The minimum Gasteiger partial charge on any atom is -0.462 e. The molecule has 0 aliphatic rings. The molecule has 2 aromatic heterocycles. The maximum absolute atomic E-state index is 12.5. The number of benzene rings is 1. The molecule has 1 aromatic carbocycles. The first kappa shape index (κ1) is 14.2. The van der Waals surface area contributed by atoms with Gasteiger partial charge in [0.15, 0.2) is 16.9 Å². The molecule has 0 amide bonds. The largest absolute Gasteiger partial charge is 0.462 e. The first-order valence-electron chi connectivity index (χ1n) is 6.39. The summed E-state index contributed by atoms with van der Waals surface area (Å²) in [6.07, 6.45) is 2.71. The van der Waals surface area contributed by atoms with Gasteiger partial charge in [-0.05, 0) is 19.1 Å². The summed E-state index contributed by atoms with van der Waals surface area (Å²) in [7, 11) is 0. The van der Waals surface area contributed by atoms with Crippen LogP contribution in [0, 0.1) is 0 Å². The minimum atomic E-state index is -3.01. The lowest BCUT2D eigenvalue weighted by atomic mass is 10.1. The molecule has 2 heterocycles.